The summed E-state index contributed by atoms with van der Waals surface area (Å²) in [6, 6.07) is 16.4. The lowest BCUT2D eigenvalue weighted by Gasteiger charge is -2.15. The number of amides is 1. The molecule has 1 amide bonds. The number of nitrogens with one attached hydrogen (secondary N) is 1. The van der Waals surface area contributed by atoms with Crippen molar-refractivity contribution in [3.8, 4) is 0 Å². The third kappa shape index (κ3) is 2.75. The van der Waals surface area contributed by atoms with Crippen molar-refractivity contribution in [2.75, 3.05) is 0 Å². The van der Waals surface area contributed by atoms with Gasteiger partial charge in [0, 0.05) is 0 Å². The fourth-order valence-corrected chi connectivity index (χ4v) is 2.83. The van der Waals surface area contributed by atoms with Gasteiger partial charge in [0.15, 0.2) is 0 Å². The summed E-state index contributed by atoms with van der Waals surface area (Å²) in [5, 5.41) is 15.4. The van der Waals surface area contributed by atoms with Crippen LogP contribution in [0, 0.1) is 0 Å². The maximum atomic E-state index is 12.8. The molecule has 0 heterocycles. The Morgan fingerprint density at radius 1 is 1.00 bits per heavy atom. The zero-order valence-electron chi connectivity index (χ0n) is 12.7. The second-order valence-electron chi connectivity index (χ2n) is 5.47. The molecule has 0 radical (unpaired) electrons. The monoisotopic (exact) mass is 307 g/mol. The minimum Gasteiger partial charge on any atom is -0.480 e. The van der Waals surface area contributed by atoms with Gasteiger partial charge in [-0.1, -0.05) is 55.5 Å². The minimum atomic E-state index is -1.02. The zero-order chi connectivity index (χ0) is 16.4. The maximum Gasteiger partial charge on any atom is 0.326 e. The van der Waals surface area contributed by atoms with Crippen molar-refractivity contribution < 1.29 is 14.7 Å². The molecule has 0 aliphatic heterocycles. The van der Waals surface area contributed by atoms with E-state index >= 15 is 0 Å². The molecule has 0 bridgehead atoms. The van der Waals surface area contributed by atoms with Gasteiger partial charge in [0.2, 0.25) is 0 Å². The quantitative estimate of drug-likeness (QED) is 0.724. The van der Waals surface area contributed by atoms with E-state index in [0.717, 1.165) is 21.5 Å². The molecule has 3 rings (SSSR count). The minimum absolute atomic E-state index is 0.337. The Labute approximate surface area is 133 Å². The summed E-state index contributed by atoms with van der Waals surface area (Å²) in [6.07, 6.45) is 0.337. The largest absolute Gasteiger partial charge is 0.480 e. The number of carbonyl (C=O) groups is 2. The van der Waals surface area contributed by atoms with E-state index in [1.165, 1.54) is 0 Å². The topological polar surface area (TPSA) is 66.4 Å². The van der Waals surface area contributed by atoms with Crippen LogP contribution in [0.4, 0.5) is 0 Å². The molecule has 0 aliphatic carbocycles. The van der Waals surface area contributed by atoms with E-state index in [-0.39, 0.29) is 5.91 Å². The average Bonchev–Trinajstić information content (AvgIpc) is 2.56. The van der Waals surface area contributed by atoms with Crippen LogP contribution in [0.15, 0.2) is 54.6 Å². The molecule has 4 nitrogen and oxygen atoms in total. The third-order valence-electron chi connectivity index (χ3n) is 4.01. The summed E-state index contributed by atoms with van der Waals surface area (Å²) < 4.78 is 0. The number of aliphatic carboxylic acids is 1. The lowest BCUT2D eigenvalue weighted by Crippen LogP contribution is -2.40. The fourth-order valence-electron chi connectivity index (χ4n) is 2.83. The number of carboxylic acid groups (broad SMARTS) is 1. The van der Waals surface area contributed by atoms with E-state index in [1.807, 2.05) is 54.6 Å². The molecule has 3 aromatic carbocycles. The molecule has 0 fully saturated rings. The molecular formula is C19H17NO3. The van der Waals surface area contributed by atoms with E-state index in [9.17, 15) is 14.7 Å². The van der Waals surface area contributed by atoms with Gasteiger partial charge in [-0.3, -0.25) is 4.79 Å². The van der Waals surface area contributed by atoms with Crippen molar-refractivity contribution in [2.24, 2.45) is 0 Å². The second kappa shape index (κ2) is 6.08. The van der Waals surface area contributed by atoms with Crippen LogP contribution in [0.1, 0.15) is 23.7 Å². The first-order valence-electron chi connectivity index (χ1n) is 7.56. The predicted molar refractivity (Wildman–Crippen MR) is 90.6 cm³/mol. The fraction of sp³-hybridized carbons (Fsp3) is 0.158. The van der Waals surface area contributed by atoms with Gasteiger partial charge in [-0.05, 0) is 34.0 Å². The first kappa shape index (κ1) is 15.0. The van der Waals surface area contributed by atoms with Crippen LogP contribution >= 0.6 is 0 Å². The predicted octanol–water partition coefficient (Wildman–Crippen LogP) is 3.59. The first-order valence-corrected chi connectivity index (χ1v) is 7.56. The molecule has 0 unspecified atom stereocenters. The van der Waals surface area contributed by atoms with E-state index in [4.69, 9.17) is 0 Å². The Morgan fingerprint density at radius 2 is 1.52 bits per heavy atom. The third-order valence-corrected chi connectivity index (χ3v) is 4.01. The highest BCUT2D eigenvalue weighted by Crippen LogP contribution is 2.28. The van der Waals surface area contributed by atoms with Crippen LogP contribution in [0.5, 0.6) is 0 Å². The Morgan fingerprint density at radius 3 is 2.00 bits per heavy atom. The maximum absolute atomic E-state index is 12.8. The summed E-state index contributed by atoms with van der Waals surface area (Å²) in [5.41, 5.74) is 0.526. The summed E-state index contributed by atoms with van der Waals surface area (Å²) in [5.74, 6) is -1.38. The van der Waals surface area contributed by atoms with Crippen LogP contribution in [0.3, 0.4) is 0 Å². The highest BCUT2D eigenvalue weighted by molar-refractivity contribution is 6.18. The van der Waals surface area contributed by atoms with Crippen molar-refractivity contribution in [1.29, 1.82) is 0 Å². The van der Waals surface area contributed by atoms with Gasteiger partial charge in [-0.15, -0.1) is 0 Å². The van der Waals surface area contributed by atoms with Crippen molar-refractivity contribution >= 4 is 33.4 Å². The Balaban J connectivity index is 2.20. The number of hydrogen-bond acceptors (Lipinski definition) is 2. The van der Waals surface area contributed by atoms with Crippen molar-refractivity contribution in [1.82, 2.24) is 5.32 Å². The molecule has 0 spiro atoms. The Hall–Kier alpha value is -2.88. The van der Waals surface area contributed by atoms with Crippen molar-refractivity contribution in [3.63, 3.8) is 0 Å². The highest BCUT2D eigenvalue weighted by Gasteiger charge is 2.21. The van der Waals surface area contributed by atoms with Gasteiger partial charge in [-0.25, -0.2) is 4.79 Å². The van der Waals surface area contributed by atoms with Gasteiger partial charge in [0.25, 0.3) is 5.91 Å². The molecule has 2 N–H and O–H groups in total. The molecule has 1 atom stereocenters. The van der Waals surface area contributed by atoms with E-state index < -0.39 is 12.0 Å². The Kier molecular flexibility index (Phi) is 3.98. The van der Waals surface area contributed by atoms with Crippen molar-refractivity contribution in [3.05, 3.63) is 60.2 Å². The molecule has 0 aromatic heterocycles. The lowest BCUT2D eigenvalue weighted by atomic mass is 9.96. The van der Waals surface area contributed by atoms with Gasteiger partial charge in [0.05, 0.1) is 5.56 Å². The molecule has 4 heteroatoms. The molecule has 116 valence electrons. The molecule has 0 aliphatic rings. The zero-order valence-corrected chi connectivity index (χ0v) is 12.7. The second-order valence-corrected chi connectivity index (χ2v) is 5.47. The van der Waals surface area contributed by atoms with Crippen LogP contribution in [-0.4, -0.2) is 23.0 Å². The van der Waals surface area contributed by atoms with Gasteiger partial charge in [0.1, 0.15) is 6.04 Å². The number of rotatable bonds is 4. The molecule has 0 saturated carbocycles. The van der Waals surface area contributed by atoms with Crippen molar-refractivity contribution in [2.45, 2.75) is 19.4 Å². The summed E-state index contributed by atoms with van der Waals surface area (Å²) in [7, 11) is 0. The lowest BCUT2D eigenvalue weighted by molar-refractivity contribution is -0.139. The Bertz CT molecular complexity index is 847. The van der Waals surface area contributed by atoms with Gasteiger partial charge < -0.3 is 10.4 Å². The van der Waals surface area contributed by atoms with Gasteiger partial charge in [-0.2, -0.15) is 0 Å². The normalized spacial score (nSPS) is 12.2. The van der Waals surface area contributed by atoms with E-state index in [0.29, 0.717) is 12.0 Å². The molecule has 0 saturated heterocycles. The number of fused-ring (bicyclic) bond motifs is 2. The number of hydrogen-bond donors (Lipinski definition) is 2. The highest BCUT2D eigenvalue weighted by atomic mass is 16.4. The smallest absolute Gasteiger partial charge is 0.326 e. The molecule has 3 aromatic rings. The molecule has 23 heavy (non-hydrogen) atoms. The molecular weight excluding hydrogens is 290 g/mol. The van der Waals surface area contributed by atoms with Crippen LogP contribution in [0.2, 0.25) is 0 Å². The van der Waals surface area contributed by atoms with Crippen LogP contribution in [0.25, 0.3) is 21.5 Å². The SMILES string of the molecule is CC[C@@H](NC(=O)c1c2ccccc2cc2ccccc12)C(=O)O. The summed E-state index contributed by atoms with van der Waals surface area (Å²) in [6.45, 7) is 1.74. The van der Waals surface area contributed by atoms with E-state index in [2.05, 4.69) is 5.32 Å². The number of carboxylic acids is 1. The van der Waals surface area contributed by atoms with E-state index in [1.54, 1.807) is 6.92 Å². The number of benzene rings is 3. The summed E-state index contributed by atoms with van der Waals surface area (Å²) >= 11 is 0. The standard InChI is InChI=1S/C19H17NO3/c1-2-16(19(22)23)20-18(21)17-14-9-5-3-7-12(14)11-13-8-4-6-10-15(13)17/h3-11,16H,2H2,1H3,(H,20,21)(H,22,23)/t16-/m1/s1. The van der Waals surface area contributed by atoms with Gasteiger partial charge >= 0.3 is 5.97 Å². The van der Waals surface area contributed by atoms with Crippen LogP contribution < -0.4 is 5.32 Å². The number of carbonyl (C=O) groups excluding carboxylic acids is 1. The summed E-state index contributed by atoms with van der Waals surface area (Å²) in [4.78, 5) is 24.0. The first-order chi connectivity index (χ1) is 11.1. The average molecular weight is 307 g/mol. The van der Waals surface area contributed by atoms with Crippen LogP contribution in [-0.2, 0) is 4.79 Å².